The third kappa shape index (κ3) is 5.02. The van der Waals surface area contributed by atoms with Crippen LogP contribution in [0.25, 0.3) is 0 Å². The third-order valence-electron chi connectivity index (χ3n) is 5.78. The zero-order chi connectivity index (χ0) is 22.4. The van der Waals surface area contributed by atoms with Crippen molar-refractivity contribution in [3.63, 3.8) is 0 Å². The Morgan fingerprint density at radius 3 is 2.06 bits per heavy atom. The van der Waals surface area contributed by atoms with E-state index in [-0.39, 0.29) is 17.3 Å². The molecule has 0 atom stereocenters. The first-order valence-electron chi connectivity index (χ1n) is 11.1. The highest BCUT2D eigenvalue weighted by atomic mass is 32.2. The molecule has 1 aliphatic heterocycles. The van der Waals surface area contributed by atoms with Gasteiger partial charge in [-0.3, -0.25) is 9.10 Å². The molecule has 1 aliphatic rings. The first-order chi connectivity index (χ1) is 15.6. The smallest absolute Gasteiger partial charge is 0.264 e. The van der Waals surface area contributed by atoms with Crippen molar-refractivity contribution in [3.8, 4) is 0 Å². The molecular weight excluding hydrogens is 420 g/mol. The lowest BCUT2D eigenvalue weighted by Gasteiger charge is -2.25. The zero-order valence-electron chi connectivity index (χ0n) is 18.1. The normalized spacial score (nSPS) is 14.6. The molecule has 0 N–H and O–H groups in total. The molecule has 32 heavy (non-hydrogen) atoms. The maximum Gasteiger partial charge on any atom is 0.264 e. The van der Waals surface area contributed by atoms with Crippen LogP contribution in [-0.4, -0.2) is 32.3 Å². The number of nitrogens with zero attached hydrogens (tertiary/aromatic N) is 2. The summed E-state index contributed by atoms with van der Waals surface area (Å²) in [6, 6.07) is 25.0. The van der Waals surface area contributed by atoms with E-state index in [1.807, 2.05) is 53.4 Å². The van der Waals surface area contributed by atoms with Crippen molar-refractivity contribution in [1.29, 1.82) is 0 Å². The van der Waals surface area contributed by atoms with Crippen LogP contribution in [0.3, 0.4) is 0 Å². The number of carbonyl (C=O) groups excluding carboxylic acids is 1. The molecule has 166 valence electrons. The van der Waals surface area contributed by atoms with Crippen LogP contribution in [0, 0.1) is 0 Å². The lowest BCUT2D eigenvalue weighted by molar-refractivity contribution is 0.0761. The number of para-hydroxylation sites is 1. The fourth-order valence-electron chi connectivity index (χ4n) is 4.03. The first kappa shape index (κ1) is 22.1. The van der Waals surface area contributed by atoms with Crippen molar-refractivity contribution in [3.05, 3.63) is 96.1 Å². The summed E-state index contributed by atoms with van der Waals surface area (Å²) >= 11 is 0. The van der Waals surface area contributed by atoms with Gasteiger partial charge >= 0.3 is 0 Å². The predicted molar refractivity (Wildman–Crippen MR) is 127 cm³/mol. The lowest BCUT2D eigenvalue weighted by Crippen LogP contribution is -2.33. The number of benzene rings is 3. The van der Waals surface area contributed by atoms with Crippen molar-refractivity contribution in [2.75, 3.05) is 17.4 Å². The fourth-order valence-corrected chi connectivity index (χ4v) is 5.53. The molecule has 5 nitrogen and oxygen atoms in total. The summed E-state index contributed by atoms with van der Waals surface area (Å²) < 4.78 is 28.9. The van der Waals surface area contributed by atoms with Gasteiger partial charge in [0.1, 0.15) is 0 Å². The van der Waals surface area contributed by atoms with Gasteiger partial charge in [-0.1, -0.05) is 67.4 Å². The van der Waals surface area contributed by atoms with Crippen LogP contribution in [0.5, 0.6) is 0 Å². The molecule has 1 saturated heterocycles. The molecular formula is C26H28N2O3S. The molecule has 0 bridgehead atoms. The molecule has 0 radical (unpaired) electrons. The Morgan fingerprint density at radius 2 is 1.41 bits per heavy atom. The summed E-state index contributed by atoms with van der Waals surface area (Å²) in [4.78, 5) is 15.0. The number of anilines is 1. The van der Waals surface area contributed by atoms with Gasteiger partial charge in [-0.05, 0) is 48.7 Å². The summed E-state index contributed by atoms with van der Waals surface area (Å²) in [5.41, 5.74) is 1.89. The highest BCUT2D eigenvalue weighted by Gasteiger charge is 2.27. The molecule has 6 heteroatoms. The second-order valence-corrected chi connectivity index (χ2v) is 9.93. The Labute approximate surface area is 190 Å². The van der Waals surface area contributed by atoms with Crippen LogP contribution in [0.4, 0.5) is 5.69 Å². The standard InChI is InChI=1S/C26H28N2O3S/c29-26(27-18-9-1-2-10-19-27)23-14-11-17-25(20-23)32(30,31)28(24-15-7-4-8-16-24)21-22-12-5-3-6-13-22/h3-8,11-17,20H,1-2,9-10,18-19,21H2. The monoisotopic (exact) mass is 448 g/mol. The number of rotatable bonds is 6. The minimum absolute atomic E-state index is 0.0988. The van der Waals surface area contributed by atoms with Gasteiger partial charge in [-0.15, -0.1) is 0 Å². The van der Waals surface area contributed by atoms with Gasteiger partial charge in [-0.25, -0.2) is 8.42 Å². The van der Waals surface area contributed by atoms with Gasteiger partial charge in [0, 0.05) is 18.7 Å². The third-order valence-corrected chi connectivity index (χ3v) is 7.55. The summed E-state index contributed by atoms with van der Waals surface area (Å²) in [5, 5.41) is 0. The van der Waals surface area contributed by atoms with E-state index in [0.29, 0.717) is 11.3 Å². The Bertz CT molecular complexity index is 1140. The second kappa shape index (κ2) is 10.0. The van der Waals surface area contributed by atoms with Crippen LogP contribution in [0.1, 0.15) is 41.6 Å². The quantitative estimate of drug-likeness (QED) is 0.527. The number of amides is 1. The van der Waals surface area contributed by atoms with Gasteiger partial charge in [0.15, 0.2) is 0 Å². The van der Waals surface area contributed by atoms with E-state index in [1.165, 1.54) is 10.4 Å². The van der Waals surface area contributed by atoms with E-state index >= 15 is 0 Å². The summed E-state index contributed by atoms with van der Waals surface area (Å²) in [7, 11) is -3.88. The average molecular weight is 449 g/mol. The fraction of sp³-hybridized carbons (Fsp3) is 0.269. The molecule has 0 aromatic heterocycles. The van der Waals surface area contributed by atoms with Crippen LogP contribution >= 0.6 is 0 Å². The molecule has 1 heterocycles. The molecule has 0 saturated carbocycles. The van der Waals surface area contributed by atoms with E-state index in [1.54, 1.807) is 30.3 Å². The maximum absolute atomic E-state index is 13.7. The summed E-state index contributed by atoms with van der Waals surface area (Å²) in [6.45, 7) is 1.65. The van der Waals surface area contributed by atoms with Crippen molar-refractivity contribution in [1.82, 2.24) is 4.90 Å². The van der Waals surface area contributed by atoms with Crippen LogP contribution in [-0.2, 0) is 16.6 Å². The highest BCUT2D eigenvalue weighted by molar-refractivity contribution is 7.92. The van der Waals surface area contributed by atoms with Gasteiger partial charge in [0.25, 0.3) is 15.9 Å². The first-order valence-corrected chi connectivity index (χ1v) is 12.5. The van der Waals surface area contributed by atoms with E-state index in [4.69, 9.17) is 0 Å². The Kier molecular flexibility index (Phi) is 6.90. The highest BCUT2D eigenvalue weighted by Crippen LogP contribution is 2.27. The zero-order valence-corrected chi connectivity index (χ0v) is 18.9. The number of likely N-dealkylation sites (tertiary alicyclic amines) is 1. The number of sulfonamides is 1. The van der Waals surface area contributed by atoms with Crippen molar-refractivity contribution in [2.24, 2.45) is 0 Å². The van der Waals surface area contributed by atoms with Crippen molar-refractivity contribution >= 4 is 21.6 Å². The van der Waals surface area contributed by atoms with Gasteiger partial charge < -0.3 is 4.90 Å². The average Bonchev–Trinajstić information content (AvgIpc) is 3.13. The van der Waals surface area contributed by atoms with Gasteiger partial charge in [-0.2, -0.15) is 0 Å². The minimum Gasteiger partial charge on any atom is -0.339 e. The molecule has 3 aromatic carbocycles. The SMILES string of the molecule is O=C(c1cccc(S(=O)(=O)N(Cc2ccccc2)c2ccccc2)c1)N1CCCCCC1. The van der Waals surface area contributed by atoms with Crippen molar-refractivity contribution < 1.29 is 13.2 Å². The summed E-state index contributed by atoms with van der Waals surface area (Å²) in [6.07, 6.45) is 4.23. The minimum atomic E-state index is -3.88. The van der Waals surface area contributed by atoms with E-state index in [2.05, 4.69) is 0 Å². The van der Waals surface area contributed by atoms with Gasteiger partial charge in [0.2, 0.25) is 0 Å². The Hall–Kier alpha value is -3.12. The number of hydrogen-bond acceptors (Lipinski definition) is 3. The Balaban J connectivity index is 1.68. The molecule has 0 unspecified atom stereocenters. The lowest BCUT2D eigenvalue weighted by atomic mass is 10.2. The van der Waals surface area contributed by atoms with Crippen molar-refractivity contribution in [2.45, 2.75) is 37.1 Å². The largest absolute Gasteiger partial charge is 0.339 e. The number of carbonyl (C=O) groups is 1. The molecule has 1 fully saturated rings. The topological polar surface area (TPSA) is 57.7 Å². The van der Waals surface area contributed by atoms with E-state index in [0.717, 1.165) is 44.3 Å². The van der Waals surface area contributed by atoms with Crippen LogP contribution in [0.15, 0.2) is 89.8 Å². The summed E-state index contributed by atoms with van der Waals surface area (Å²) in [5.74, 6) is -0.0988. The molecule has 0 aliphatic carbocycles. The van der Waals surface area contributed by atoms with Crippen LogP contribution < -0.4 is 4.31 Å². The number of hydrogen-bond donors (Lipinski definition) is 0. The predicted octanol–water partition coefficient (Wildman–Crippen LogP) is 5.10. The molecule has 1 amide bonds. The van der Waals surface area contributed by atoms with E-state index < -0.39 is 10.0 Å². The van der Waals surface area contributed by atoms with Gasteiger partial charge in [0.05, 0.1) is 17.1 Å². The van der Waals surface area contributed by atoms with Crippen LogP contribution in [0.2, 0.25) is 0 Å². The molecule has 4 rings (SSSR count). The molecule has 0 spiro atoms. The maximum atomic E-state index is 13.7. The molecule has 3 aromatic rings. The van der Waals surface area contributed by atoms with E-state index in [9.17, 15) is 13.2 Å². The second-order valence-electron chi connectivity index (χ2n) is 8.07. The Morgan fingerprint density at radius 1 is 0.781 bits per heavy atom.